The van der Waals surface area contributed by atoms with Gasteiger partial charge in [-0.1, -0.05) is 49.6 Å². The van der Waals surface area contributed by atoms with Gasteiger partial charge in [0.25, 0.3) is 0 Å². The van der Waals surface area contributed by atoms with Crippen molar-refractivity contribution in [3.8, 4) is 0 Å². The van der Waals surface area contributed by atoms with E-state index in [0.717, 1.165) is 0 Å². The maximum absolute atomic E-state index is 11.1. The van der Waals surface area contributed by atoms with Gasteiger partial charge in [0.2, 0.25) is 0 Å². The van der Waals surface area contributed by atoms with Crippen molar-refractivity contribution in [2.45, 2.75) is 19.4 Å². The molecule has 0 amide bonds. The Bertz CT molecular complexity index is 489. The van der Waals surface area contributed by atoms with E-state index in [1.165, 1.54) is 5.56 Å². The van der Waals surface area contributed by atoms with E-state index < -0.39 is 8.80 Å². The van der Waals surface area contributed by atoms with Gasteiger partial charge in [0.1, 0.15) is 0 Å². The van der Waals surface area contributed by atoms with Crippen LogP contribution in [0, 0.1) is 0 Å². The fourth-order valence-corrected chi connectivity index (χ4v) is 3.41. The van der Waals surface area contributed by atoms with Crippen LogP contribution < -0.4 is 0 Å². The van der Waals surface area contributed by atoms with Gasteiger partial charge in [0.15, 0.2) is 0 Å². The van der Waals surface area contributed by atoms with Crippen LogP contribution in [0.5, 0.6) is 0 Å². The highest BCUT2D eigenvalue weighted by Crippen LogP contribution is 2.14. The van der Waals surface area contributed by atoms with Gasteiger partial charge in [0.05, 0.1) is 6.61 Å². The number of carbonyl (C=O) groups is 1. The van der Waals surface area contributed by atoms with Gasteiger partial charge in [-0.3, -0.25) is 0 Å². The van der Waals surface area contributed by atoms with E-state index in [1.54, 1.807) is 28.3 Å². The van der Waals surface area contributed by atoms with Gasteiger partial charge in [-0.05, 0) is 18.9 Å². The molecule has 0 aliphatic heterocycles. The molecule has 0 heterocycles. The van der Waals surface area contributed by atoms with Crippen LogP contribution >= 0.6 is 0 Å². The molecule has 0 bridgehead atoms. The van der Waals surface area contributed by atoms with Gasteiger partial charge in [-0.15, -0.1) is 0 Å². The monoisotopic (exact) mass is 352 g/mol. The van der Waals surface area contributed by atoms with E-state index in [0.29, 0.717) is 24.6 Å². The molecule has 24 heavy (non-hydrogen) atoms. The number of carbonyl (C=O) groups excluding carboxylic acids is 1. The van der Waals surface area contributed by atoms with Crippen LogP contribution in [0.1, 0.15) is 18.9 Å². The second kappa shape index (κ2) is 12.7. The normalized spacial score (nSPS) is 10.3. The van der Waals surface area contributed by atoms with Crippen molar-refractivity contribution in [1.82, 2.24) is 0 Å². The summed E-state index contributed by atoms with van der Waals surface area (Å²) in [6.45, 7) is 9.05. The van der Waals surface area contributed by atoms with Gasteiger partial charge in [-0.25, -0.2) is 4.79 Å². The molecule has 0 unspecified atom stereocenters. The first kappa shape index (κ1) is 22.3. The lowest BCUT2D eigenvalue weighted by atomic mass is 10.2. The third-order valence-electron chi connectivity index (χ3n) is 3.18. The van der Waals surface area contributed by atoms with Gasteiger partial charge in [0, 0.05) is 32.9 Å². The first-order valence-corrected chi connectivity index (χ1v) is 9.53. The molecule has 1 aromatic rings. The summed E-state index contributed by atoms with van der Waals surface area (Å²) in [5, 5.41) is 0. The average Bonchev–Trinajstić information content (AvgIpc) is 2.63. The molecule has 6 heteroatoms. The number of rotatable bonds is 9. The first-order valence-electron chi connectivity index (χ1n) is 7.60. The van der Waals surface area contributed by atoms with E-state index >= 15 is 0 Å². The summed E-state index contributed by atoms with van der Waals surface area (Å²) >= 11 is 0. The molecule has 0 saturated heterocycles. The molecule has 0 fully saturated rings. The summed E-state index contributed by atoms with van der Waals surface area (Å²) in [5.74, 6) is -0.375. The topological polar surface area (TPSA) is 54.0 Å². The lowest BCUT2D eigenvalue weighted by Crippen LogP contribution is -2.42. The maximum Gasteiger partial charge on any atom is 0.500 e. The summed E-state index contributed by atoms with van der Waals surface area (Å²) in [6, 6.07) is 10.6. The minimum Gasteiger partial charge on any atom is -0.462 e. The van der Waals surface area contributed by atoms with E-state index in [4.69, 9.17) is 18.0 Å². The third kappa shape index (κ3) is 8.78. The van der Waals surface area contributed by atoms with Crippen LogP contribution in [0.4, 0.5) is 0 Å². The summed E-state index contributed by atoms with van der Waals surface area (Å²) < 4.78 is 20.6. The van der Waals surface area contributed by atoms with Crippen LogP contribution in [-0.4, -0.2) is 42.7 Å². The number of ether oxygens (including phenoxy) is 1. The Hall–Kier alpha value is -1.73. The fraction of sp³-hybridized carbons (Fsp3) is 0.389. The van der Waals surface area contributed by atoms with E-state index in [-0.39, 0.29) is 5.97 Å². The van der Waals surface area contributed by atoms with E-state index in [9.17, 15) is 4.79 Å². The molecule has 134 valence electrons. The van der Waals surface area contributed by atoms with Crippen LogP contribution in [0.3, 0.4) is 0 Å². The van der Waals surface area contributed by atoms with Crippen LogP contribution in [0.2, 0.25) is 6.04 Å². The number of esters is 1. The Labute approximate surface area is 146 Å². The quantitative estimate of drug-likeness (QED) is 0.293. The number of benzene rings is 1. The summed E-state index contributed by atoms with van der Waals surface area (Å²) in [6.07, 6.45) is 2.47. The summed E-state index contributed by atoms with van der Waals surface area (Å²) in [5.41, 5.74) is 1.57. The molecule has 0 spiro atoms. The molecule has 0 aromatic heterocycles. The Morgan fingerprint density at radius 1 is 1.12 bits per heavy atom. The average molecular weight is 353 g/mol. The SMILES string of the molecule is C=C(C)C(=O)OCCC[Si](OC)(OC)OC.C=Cc1ccccc1. The van der Waals surface area contributed by atoms with Crippen molar-refractivity contribution in [2.24, 2.45) is 0 Å². The zero-order valence-corrected chi connectivity index (χ0v) is 16.0. The van der Waals surface area contributed by atoms with Crippen molar-refractivity contribution in [3.05, 3.63) is 54.6 Å². The smallest absolute Gasteiger partial charge is 0.462 e. The largest absolute Gasteiger partial charge is 0.500 e. The van der Waals surface area contributed by atoms with Crippen LogP contribution in [0.15, 0.2) is 49.1 Å². The minimum atomic E-state index is -2.53. The molecule has 0 saturated carbocycles. The van der Waals surface area contributed by atoms with Gasteiger partial charge >= 0.3 is 14.8 Å². The van der Waals surface area contributed by atoms with Crippen molar-refractivity contribution in [2.75, 3.05) is 27.9 Å². The molecular weight excluding hydrogens is 324 g/mol. The molecule has 0 aliphatic carbocycles. The van der Waals surface area contributed by atoms with Crippen molar-refractivity contribution in [3.63, 3.8) is 0 Å². The second-order valence-electron chi connectivity index (χ2n) is 4.93. The highest BCUT2D eigenvalue weighted by atomic mass is 28.4. The molecule has 0 radical (unpaired) electrons. The van der Waals surface area contributed by atoms with Crippen LogP contribution in [0.25, 0.3) is 6.08 Å². The molecule has 0 N–H and O–H groups in total. The van der Waals surface area contributed by atoms with E-state index in [1.807, 2.05) is 36.4 Å². The molecule has 0 aliphatic rings. The van der Waals surface area contributed by atoms with Crippen molar-refractivity contribution < 1.29 is 22.8 Å². The zero-order valence-electron chi connectivity index (χ0n) is 15.0. The highest BCUT2D eigenvalue weighted by Gasteiger charge is 2.36. The minimum absolute atomic E-state index is 0.316. The Balaban J connectivity index is 0.000000546. The predicted molar refractivity (Wildman–Crippen MR) is 98.5 cm³/mol. The maximum atomic E-state index is 11.1. The molecular formula is C18H28O5Si. The fourth-order valence-electron chi connectivity index (χ4n) is 1.72. The van der Waals surface area contributed by atoms with Crippen LogP contribution in [-0.2, 0) is 22.8 Å². The Morgan fingerprint density at radius 3 is 2.04 bits per heavy atom. The number of hydrogen-bond acceptors (Lipinski definition) is 5. The standard InChI is InChI=1S/C10H20O5Si.C8H8/c1-9(2)10(11)15-7-6-8-16(12-3,13-4)14-5;1-2-8-6-4-3-5-7-8/h1,6-8H2,2-5H3;2-7H,1H2. The first-order chi connectivity index (χ1) is 11.4. The van der Waals surface area contributed by atoms with E-state index in [2.05, 4.69) is 13.2 Å². The lowest BCUT2D eigenvalue weighted by Gasteiger charge is -2.24. The Morgan fingerprint density at radius 2 is 1.67 bits per heavy atom. The molecule has 0 atom stereocenters. The lowest BCUT2D eigenvalue weighted by molar-refractivity contribution is -0.139. The molecule has 5 nitrogen and oxygen atoms in total. The van der Waals surface area contributed by atoms with Crippen molar-refractivity contribution >= 4 is 20.8 Å². The third-order valence-corrected chi connectivity index (χ3v) is 6.01. The highest BCUT2D eigenvalue weighted by molar-refractivity contribution is 6.60. The number of hydrogen-bond donors (Lipinski definition) is 0. The summed E-state index contributed by atoms with van der Waals surface area (Å²) in [7, 11) is 2.13. The molecule has 1 rings (SSSR count). The molecule has 1 aromatic carbocycles. The second-order valence-corrected chi connectivity index (χ2v) is 8.02. The van der Waals surface area contributed by atoms with Gasteiger partial charge in [-0.2, -0.15) is 0 Å². The predicted octanol–water partition coefficient (Wildman–Crippen LogP) is 3.70. The zero-order chi connectivity index (χ0) is 18.4. The Kier molecular flexibility index (Phi) is 11.7. The van der Waals surface area contributed by atoms with Crippen molar-refractivity contribution in [1.29, 1.82) is 0 Å². The van der Waals surface area contributed by atoms with Gasteiger partial charge < -0.3 is 18.0 Å². The summed E-state index contributed by atoms with van der Waals surface area (Å²) in [4.78, 5) is 11.1.